The molecule has 1 aromatic heterocycles. The van der Waals surface area contributed by atoms with Crippen LogP contribution >= 0.6 is 11.3 Å². The Morgan fingerprint density at radius 2 is 2.29 bits per heavy atom. The number of nitrogen functional groups attached to an aromatic ring is 1. The van der Waals surface area contributed by atoms with Crippen LogP contribution in [0.15, 0.2) is 5.38 Å². The molecule has 0 bridgehead atoms. The SMILES string of the molecule is Nc1nc(C(=O)N2CCCN(CC3CCCO3)CC2)cs1. The number of nitrogens with two attached hydrogens (primary N) is 1. The molecule has 2 N–H and O–H groups in total. The number of carbonyl (C=O) groups excluding carboxylic acids is 1. The zero-order valence-electron chi connectivity index (χ0n) is 12.2. The molecule has 3 heterocycles. The van der Waals surface area contributed by atoms with Crippen molar-refractivity contribution in [2.45, 2.75) is 25.4 Å². The maximum absolute atomic E-state index is 12.4. The van der Waals surface area contributed by atoms with Gasteiger partial charge in [0.15, 0.2) is 5.13 Å². The molecule has 3 rings (SSSR count). The highest BCUT2D eigenvalue weighted by atomic mass is 32.1. The molecular formula is C14H22N4O2S. The zero-order valence-corrected chi connectivity index (χ0v) is 13.0. The third-order valence-corrected chi connectivity index (χ3v) is 4.78. The first-order chi connectivity index (χ1) is 10.2. The van der Waals surface area contributed by atoms with Crippen LogP contribution in [0, 0.1) is 0 Å². The number of thiazole rings is 1. The van der Waals surface area contributed by atoms with Gasteiger partial charge >= 0.3 is 0 Å². The van der Waals surface area contributed by atoms with Gasteiger partial charge < -0.3 is 15.4 Å². The molecule has 0 aromatic carbocycles. The van der Waals surface area contributed by atoms with Crippen molar-refractivity contribution >= 4 is 22.4 Å². The lowest BCUT2D eigenvalue weighted by atomic mass is 10.2. The summed E-state index contributed by atoms with van der Waals surface area (Å²) in [6.45, 7) is 5.37. The number of aromatic nitrogens is 1. The summed E-state index contributed by atoms with van der Waals surface area (Å²) >= 11 is 1.32. The summed E-state index contributed by atoms with van der Waals surface area (Å²) in [7, 11) is 0. The van der Waals surface area contributed by atoms with Crippen LogP contribution in [0.4, 0.5) is 5.13 Å². The van der Waals surface area contributed by atoms with E-state index in [-0.39, 0.29) is 5.91 Å². The maximum Gasteiger partial charge on any atom is 0.273 e. The lowest BCUT2D eigenvalue weighted by molar-refractivity contribution is 0.0702. The number of carbonyl (C=O) groups is 1. The quantitative estimate of drug-likeness (QED) is 0.903. The fraction of sp³-hybridized carbons (Fsp3) is 0.714. The van der Waals surface area contributed by atoms with E-state index in [9.17, 15) is 4.79 Å². The largest absolute Gasteiger partial charge is 0.377 e. The molecule has 21 heavy (non-hydrogen) atoms. The van der Waals surface area contributed by atoms with Crippen molar-refractivity contribution < 1.29 is 9.53 Å². The van der Waals surface area contributed by atoms with Gasteiger partial charge in [-0.15, -0.1) is 11.3 Å². The first kappa shape index (κ1) is 14.7. The minimum Gasteiger partial charge on any atom is -0.377 e. The maximum atomic E-state index is 12.4. The zero-order chi connectivity index (χ0) is 14.7. The third kappa shape index (κ3) is 3.72. The summed E-state index contributed by atoms with van der Waals surface area (Å²) in [6.07, 6.45) is 3.72. The smallest absolute Gasteiger partial charge is 0.273 e. The summed E-state index contributed by atoms with van der Waals surface area (Å²) in [5.41, 5.74) is 6.08. The van der Waals surface area contributed by atoms with Gasteiger partial charge in [0.25, 0.3) is 5.91 Å². The Hall–Kier alpha value is -1.18. The molecule has 6 nitrogen and oxygen atoms in total. The van der Waals surface area contributed by atoms with Gasteiger partial charge in [0.2, 0.25) is 0 Å². The van der Waals surface area contributed by atoms with E-state index in [1.54, 1.807) is 5.38 Å². The van der Waals surface area contributed by atoms with E-state index in [4.69, 9.17) is 10.5 Å². The second kappa shape index (κ2) is 6.72. The molecular weight excluding hydrogens is 288 g/mol. The van der Waals surface area contributed by atoms with Gasteiger partial charge in [-0.3, -0.25) is 9.69 Å². The molecule has 0 spiro atoms. The number of ether oxygens (including phenoxy) is 1. The molecule has 7 heteroatoms. The highest BCUT2D eigenvalue weighted by molar-refractivity contribution is 7.13. The molecule has 1 unspecified atom stereocenters. The Morgan fingerprint density at radius 1 is 1.38 bits per heavy atom. The van der Waals surface area contributed by atoms with Crippen LogP contribution in [0.5, 0.6) is 0 Å². The van der Waals surface area contributed by atoms with Crippen molar-refractivity contribution in [3.05, 3.63) is 11.1 Å². The van der Waals surface area contributed by atoms with Crippen molar-refractivity contribution in [3.63, 3.8) is 0 Å². The van der Waals surface area contributed by atoms with E-state index in [0.29, 0.717) is 16.9 Å². The molecule has 1 amide bonds. The van der Waals surface area contributed by atoms with Gasteiger partial charge in [-0.05, 0) is 25.8 Å². The average Bonchev–Trinajstić information content (AvgIpc) is 3.07. The van der Waals surface area contributed by atoms with Crippen molar-refractivity contribution in [3.8, 4) is 0 Å². The third-order valence-electron chi connectivity index (χ3n) is 4.10. The van der Waals surface area contributed by atoms with Crippen LogP contribution in [0.2, 0.25) is 0 Å². The monoisotopic (exact) mass is 310 g/mol. The Morgan fingerprint density at radius 3 is 3.00 bits per heavy atom. The first-order valence-electron chi connectivity index (χ1n) is 7.56. The van der Waals surface area contributed by atoms with Gasteiger partial charge in [-0.2, -0.15) is 0 Å². The molecule has 2 fully saturated rings. The minimum absolute atomic E-state index is 0.00177. The second-order valence-corrected chi connectivity index (χ2v) is 6.54. The Balaban J connectivity index is 1.53. The molecule has 0 aliphatic carbocycles. The van der Waals surface area contributed by atoms with Crippen LogP contribution in [0.3, 0.4) is 0 Å². The van der Waals surface area contributed by atoms with Gasteiger partial charge in [0, 0.05) is 38.2 Å². The average molecular weight is 310 g/mol. The van der Waals surface area contributed by atoms with Crippen LogP contribution in [-0.2, 0) is 4.74 Å². The van der Waals surface area contributed by atoms with Gasteiger partial charge in [-0.25, -0.2) is 4.98 Å². The van der Waals surface area contributed by atoms with E-state index < -0.39 is 0 Å². The molecule has 2 saturated heterocycles. The van der Waals surface area contributed by atoms with Crippen LogP contribution in [0.1, 0.15) is 29.8 Å². The Bertz CT molecular complexity index is 487. The number of hydrogen-bond acceptors (Lipinski definition) is 6. The number of rotatable bonds is 3. The normalized spacial score (nSPS) is 24.2. The van der Waals surface area contributed by atoms with Crippen LogP contribution in [-0.4, -0.2) is 66.1 Å². The fourth-order valence-corrected chi connectivity index (χ4v) is 3.52. The van der Waals surface area contributed by atoms with E-state index in [0.717, 1.165) is 52.2 Å². The molecule has 116 valence electrons. The van der Waals surface area contributed by atoms with E-state index in [2.05, 4.69) is 9.88 Å². The fourth-order valence-electron chi connectivity index (χ4n) is 2.98. The van der Waals surface area contributed by atoms with E-state index in [1.807, 2.05) is 4.90 Å². The Kier molecular flexibility index (Phi) is 4.72. The van der Waals surface area contributed by atoms with Crippen LogP contribution < -0.4 is 5.73 Å². The predicted octanol–water partition coefficient (Wildman–Crippen LogP) is 1.05. The number of amides is 1. The minimum atomic E-state index is 0.00177. The summed E-state index contributed by atoms with van der Waals surface area (Å²) in [5.74, 6) is 0.00177. The topological polar surface area (TPSA) is 71.7 Å². The van der Waals surface area contributed by atoms with Crippen LogP contribution in [0.25, 0.3) is 0 Å². The molecule has 1 atom stereocenters. The highest BCUT2D eigenvalue weighted by Crippen LogP contribution is 2.17. The van der Waals surface area contributed by atoms with Crippen molar-refractivity contribution in [2.24, 2.45) is 0 Å². The highest BCUT2D eigenvalue weighted by Gasteiger charge is 2.24. The number of hydrogen-bond donors (Lipinski definition) is 1. The Labute approximate surface area is 128 Å². The summed E-state index contributed by atoms with van der Waals surface area (Å²) in [6, 6.07) is 0. The molecule has 2 aliphatic heterocycles. The summed E-state index contributed by atoms with van der Waals surface area (Å²) in [4.78, 5) is 20.8. The predicted molar refractivity (Wildman–Crippen MR) is 82.5 cm³/mol. The standard InChI is InChI=1S/C14H22N4O2S/c15-14-16-12(10-21-14)13(19)18-5-2-4-17(6-7-18)9-11-3-1-8-20-11/h10-11H,1-9H2,(H2,15,16). The summed E-state index contributed by atoms with van der Waals surface area (Å²) in [5, 5.41) is 2.19. The molecule has 0 saturated carbocycles. The molecule has 2 aliphatic rings. The number of anilines is 1. The number of nitrogens with zero attached hydrogens (tertiary/aromatic N) is 3. The van der Waals surface area contributed by atoms with Gasteiger partial charge in [-0.1, -0.05) is 0 Å². The van der Waals surface area contributed by atoms with E-state index >= 15 is 0 Å². The lowest BCUT2D eigenvalue weighted by Gasteiger charge is -2.23. The van der Waals surface area contributed by atoms with Crippen molar-refractivity contribution in [1.82, 2.24) is 14.8 Å². The van der Waals surface area contributed by atoms with E-state index in [1.165, 1.54) is 17.8 Å². The van der Waals surface area contributed by atoms with Crippen molar-refractivity contribution in [2.75, 3.05) is 45.1 Å². The molecule has 1 aromatic rings. The van der Waals surface area contributed by atoms with Crippen molar-refractivity contribution in [1.29, 1.82) is 0 Å². The summed E-state index contributed by atoms with van der Waals surface area (Å²) < 4.78 is 5.70. The molecule has 0 radical (unpaired) electrons. The van der Waals surface area contributed by atoms with Gasteiger partial charge in [0.1, 0.15) is 5.69 Å². The van der Waals surface area contributed by atoms with Gasteiger partial charge in [0.05, 0.1) is 6.10 Å². The second-order valence-electron chi connectivity index (χ2n) is 5.65. The first-order valence-corrected chi connectivity index (χ1v) is 8.44. The lowest BCUT2D eigenvalue weighted by Crippen LogP contribution is -2.37.